The van der Waals surface area contributed by atoms with Crippen LogP contribution in [0, 0.1) is 5.92 Å². The van der Waals surface area contributed by atoms with Gasteiger partial charge in [-0.3, -0.25) is 4.79 Å². The highest BCUT2D eigenvalue weighted by atomic mass is 16.5. The summed E-state index contributed by atoms with van der Waals surface area (Å²) < 4.78 is 7.65. The fourth-order valence-electron chi connectivity index (χ4n) is 3.77. The molecule has 2 aliphatic heterocycles. The van der Waals surface area contributed by atoms with Gasteiger partial charge in [0.2, 0.25) is 0 Å². The Morgan fingerprint density at radius 1 is 1.24 bits per heavy atom. The summed E-state index contributed by atoms with van der Waals surface area (Å²) >= 11 is 0. The van der Waals surface area contributed by atoms with E-state index in [0.29, 0.717) is 18.2 Å². The van der Waals surface area contributed by atoms with Gasteiger partial charge < -0.3 is 14.6 Å². The number of hydrogen-bond donors (Lipinski definition) is 1. The first-order valence-electron chi connectivity index (χ1n) is 9.33. The molecule has 1 aromatic carbocycles. The maximum atomic E-state index is 12.8. The van der Waals surface area contributed by atoms with Crippen molar-refractivity contribution < 1.29 is 9.53 Å². The van der Waals surface area contributed by atoms with Crippen molar-refractivity contribution >= 4 is 5.91 Å². The number of imidazole rings is 1. The molecule has 3 heterocycles. The lowest BCUT2D eigenvalue weighted by atomic mass is 10.1. The zero-order valence-corrected chi connectivity index (χ0v) is 14.5. The Morgan fingerprint density at radius 3 is 2.92 bits per heavy atom. The van der Waals surface area contributed by atoms with E-state index in [0.717, 1.165) is 62.5 Å². The van der Waals surface area contributed by atoms with Gasteiger partial charge in [-0.15, -0.1) is 0 Å². The Balaban J connectivity index is 1.62. The number of rotatable bonds is 4. The zero-order valence-electron chi connectivity index (χ0n) is 14.5. The third kappa shape index (κ3) is 3.47. The van der Waals surface area contributed by atoms with E-state index in [9.17, 15) is 4.79 Å². The van der Waals surface area contributed by atoms with E-state index in [-0.39, 0.29) is 5.91 Å². The minimum atomic E-state index is -0.0419. The second-order valence-corrected chi connectivity index (χ2v) is 7.00. The lowest BCUT2D eigenvalue weighted by molar-refractivity contribution is 0.0939. The summed E-state index contributed by atoms with van der Waals surface area (Å²) in [5.41, 5.74) is 2.78. The van der Waals surface area contributed by atoms with Crippen molar-refractivity contribution in [3.8, 4) is 11.4 Å². The molecule has 0 saturated carbocycles. The van der Waals surface area contributed by atoms with Crippen LogP contribution in [-0.4, -0.2) is 35.2 Å². The second kappa shape index (κ2) is 7.40. The quantitative estimate of drug-likeness (QED) is 0.931. The molecule has 1 saturated heterocycles. The van der Waals surface area contributed by atoms with Crippen molar-refractivity contribution in [1.82, 2.24) is 14.9 Å². The number of benzene rings is 1. The Labute approximate surface area is 148 Å². The first-order chi connectivity index (χ1) is 12.3. The fraction of sp³-hybridized carbons (Fsp3) is 0.500. The highest BCUT2D eigenvalue weighted by Crippen LogP contribution is 2.27. The number of aromatic nitrogens is 2. The average molecular weight is 339 g/mol. The molecule has 2 aliphatic rings. The first-order valence-corrected chi connectivity index (χ1v) is 9.33. The minimum Gasteiger partial charge on any atom is -0.381 e. The molecule has 5 nitrogen and oxygen atoms in total. The summed E-state index contributed by atoms with van der Waals surface area (Å²) in [4.78, 5) is 17.6. The molecule has 1 N–H and O–H groups in total. The van der Waals surface area contributed by atoms with Crippen molar-refractivity contribution in [2.45, 2.75) is 38.6 Å². The van der Waals surface area contributed by atoms with E-state index >= 15 is 0 Å². The molecular formula is C20H25N3O2. The predicted molar refractivity (Wildman–Crippen MR) is 96.5 cm³/mol. The molecule has 4 rings (SSSR count). The molecule has 2 aromatic rings. The van der Waals surface area contributed by atoms with Gasteiger partial charge in [0.1, 0.15) is 11.5 Å². The van der Waals surface area contributed by atoms with Crippen LogP contribution in [0.15, 0.2) is 30.3 Å². The normalized spacial score (nSPS) is 20.1. The molecule has 0 unspecified atom stereocenters. The molecular weight excluding hydrogens is 314 g/mol. The van der Waals surface area contributed by atoms with Gasteiger partial charge in [-0.1, -0.05) is 36.8 Å². The van der Waals surface area contributed by atoms with E-state index in [1.54, 1.807) is 0 Å². The summed E-state index contributed by atoms with van der Waals surface area (Å²) in [5.74, 6) is 1.31. The Hall–Kier alpha value is -2.14. The van der Waals surface area contributed by atoms with Crippen LogP contribution in [-0.2, 0) is 17.7 Å². The molecule has 1 amide bonds. The molecule has 0 bridgehead atoms. The summed E-state index contributed by atoms with van der Waals surface area (Å²) in [5, 5.41) is 3.08. The van der Waals surface area contributed by atoms with Crippen molar-refractivity contribution in [1.29, 1.82) is 0 Å². The van der Waals surface area contributed by atoms with Crippen molar-refractivity contribution in [3.63, 3.8) is 0 Å². The third-order valence-electron chi connectivity index (χ3n) is 5.19. The number of amides is 1. The lowest BCUT2D eigenvalue weighted by Gasteiger charge is -2.10. The van der Waals surface area contributed by atoms with Gasteiger partial charge in [-0.2, -0.15) is 0 Å². The largest absolute Gasteiger partial charge is 0.381 e. The standard InChI is InChI=1S/C20H25N3O2/c24-20(21-13-15-10-12-25-14-15)18-17-9-5-2-6-11-23(17)19(22-18)16-7-3-1-4-8-16/h1,3-4,7-8,15H,2,5-6,9-14H2,(H,21,24)/t15-/m0/s1. The summed E-state index contributed by atoms with van der Waals surface area (Å²) in [6, 6.07) is 10.2. The monoisotopic (exact) mass is 339 g/mol. The number of hydrogen-bond acceptors (Lipinski definition) is 3. The molecule has 1 atom stereocenters. The van der Waals surface area contributed by atoms with Crippen LogP contribution < -0.4 is 5.32 Å². The number of nitrogens with one attached hydrogen (secondary N) is 1. The predicted octanol–water partition coefficient (Wildman–Crippen LogP) is 3.04. The lowest BCUT2D eigenvalue weighted by Crippen LogP contribution is -2.30. The average Bonchev–Trinajstić information content (AvgIpc) is 3.23. The molecule has 25 heavy (non-hydrogen) atoms. The highest BCUT2D eigenvalue weighted by molar-refractivity contribution is 5.94. The Bertz CT molecular complexity index is 733. The van der Waals surface area contributed by atoms with E-state index < -0.39 is 0 Å². The molecule has 1 fully saturated rings. The maximum absolute atomic E-state index is 12.8. The minimum absolute atomic E-state index is 0.0419. The second-order valence-electron chi connectivity index (χ2n) is 7.00. The van der Waals surface area contributed by atoms with Gasteiger partial charge >= 0.3 is 0 Å². The fourth-order valence-corrected chi connectivity index (χ4v) is 3.77. The van der Waals surface area contributed by atoms with Crippen LogP contribution in [0.4, 0.5) is 0 Å². The van der Waals surface area contributed by atoms with Gasteiger partial charge in [0, 0.05) is 31.2 Å². The van der Waals surface area contributed by atoms with Crippen molar-refractivity contribution in [3.05, 3.63) is 41.7 Å². The molecule has 0 radical (unpaired) electrons. The van der Waals surface area contributed by atoms with Crippen molar-refractivity contribution in [2.75, 3.05) is 19.8 Å². The maximum Gasteiger partial charge on any atom is 0.271 e. The van der Waals surface area contributed by atoms with E-state index in [1.807, 2.05) is 18.2 Å². The van der Waals surface area contributed by atoms with Crippen LogP contribution in [0.25, 0.3) is 11.4 Å². The van der Waals surface area contributed by atoms with E-state index in [1.165, 1.54) is 6.42 Å². The number of fused-ring (bicyclic) bond motifs is 1. The van der Waals surface area contributed by atoms with Crippen LogP contribution in [0.1, 0.15) is 41.9 Å². The van der Waals surface area contributed by atoms with Gasteiger partial charge in [0.25, 0.3) is 5.91 Å². The van der Waals surface area contributed by atoms with Crippen LogP contribution >= 0.6 is 0 Å². The van der Waals surface area contributed by atoms with E-state index in [2.05, 4.69) is 22.0 Å². The van der Waals surface area contributed by atoms with E-state index in [4.69, 9.17) is 9.72 Å². The highest BCUT2D eigenvalue weighted by Gasteiger charge is 2.25. The SMILES string of the molecule is O=C(NC[C@@H]1CCOC1)c1nc(-c2ccccc2)n2c1CCCCC2. The van der Waals surface area contributed by atoms with Gasteiger partial charge in [-0.25, -0.2) is 4.98 Å². The Kier molecular flexibility index (Phi) is 4.83. The molecule has 5 heteroatoms. The summed E-state index contributed by atoms with van der Waals surface area (Å²) in [6.45, 7) is 3.16. The van der Waals surface area contributed by atoms with Gasteiger partial charge in [0.05, 0.1) is 12.3 Å². The topological polar surface area (TPSA) is 56.1 Å². The number of ether oxygens (including phenoxy) is 1. The Morgan fingerprint density at radius 2 is 2.12 bits per heavy atom. The number of nitrogens with zero attached hydrogens (tertiary/aromatic N) is 2. The molecule has 0 spiro atoms. The van der Waals surface area contributed by atoms with Gasteiger partial charge in [0.15, 0.2) is 0 Å². The van der Waals surface area contributed by atoms with Crippen LogP contribution in [0.5, 0.6) is 0 Å². The zero-order chi connectivity index (χ0) is 17.1. The van der Waals surface area contributed by atoms with Crippen LogP contribution in [0.2, 0.25) is 0 Å². The number of carbonyl (C=O) groups is 1. The number of carbonyl (C=O) groups excluding carboxylic acids is 1. The van der Waals surface area contributed by atoms with Crippen LogP contribution in [0.3, 0.4) is 0 Å². The summed E-state index contributed by atoms with van der Waals surface area (Å²) in [6.07, 6.45) is 5.42. The molecule has 1 aromatic heterocycles. The summed E-state index contributed by atoms with van der Waals surface area (Å²) in [7, 11) is 0. The smallest absolute Gasteiger partial charge is 0.271 e. The first kappa shape index (κ1) is 16.3. The van der Waals surface area contributed by atoms with Gasteiger partial charge in [-0.05, 0) is 25.7 Å². The third-order valence-corrected chi connectivity index (χ3v) is 5.19. The molecule has 132 valence electrons. The molecule has 0 aliphatic carbocycles. The van der Waals surface area contributed by atoms with Crippen molar-refractivity contribution in [2.24, 2.45) is 5.92 Å².